The minimum atomic E-state index is -0.718. The summed E-state index contributed by atoms with van der Waals surface area (Å²) in [7, 11) is 1.61. The van der Waals surface area contributed by atoms with E-state index in [4.69, 9.17) is 9.47 Å². The summed E-state index contributed by atoms with van der Waals surface area (Å²) in [5.41, 5.74) is 4.28. The van der Waals surface area contributed by atoms with Gasteiger partial charge in [0.05, 0.1) is 24.5 Å². The molecule has 4 heterocycles. The Bertz CT molecular complexity index is 1660. The van der Waals surface area contributed by atoms with Gasteiger partial charge in [0.15, 0.2) is 0 Å². The number of anilines is 1. The van der Waals surface area contributed by atoms with E-state index in [1.807, 2.05) is 48.5 Å². The van der Waals surface area contributed by atoms with Crippen LogP contribution >= 0.6 is 0 Å². The Balaban J connectivity index is 1.28. The molecule has 4 aromatic rings. The van der Waals surface area contributed by atoms with Crippen LogP contribution in [0.1, 0.15) is 46.1 Å². The first kappa shape index (κ1) is 25.3. The van der Waals surface area contributed by atoms with Crippen LogP contribution in [0.2, 0.25) is 0 Å². The molecular formula is C32H30N4O5. The Morgan fingerprint density at radius 3 is 2.61 bits per heavy atom. The number of imide groups is 1. The number of para-hydroxylation sites is 2. The van der Waals surface area contributed by atoms with Crippen molar-refractivity contribution in [1.82, 2.24) is 15.2 Å². The summed E-state index contributed by atoms with van der Waals surface area (Å²) in [5, 5.41) is 3.96. The van der Waals surface area contributed by atoms with E-state index in [0.717, 1.165) is 40.6 Å². The van der Waals surface area contributed by atoms with Crippen LogP contribution in [-0.4, -0.2) is 60.1 Å². The third-order valence-corrected chi connectivity index (χ3v) is 8.38. The molecule has 3 aromatic carbocycles. The third kappa shape index (κ3) is 4.15. The smallest absolute Gasteiger partial charge is 0.332 e. The molecule has 4 amide bonds. The Kier molecular flexibility index (Phi) is 6.23. The predicted molar refractivity (Wildman–Crippen MR) is 153 cm³/mol. The van der Waals surface area contributed by atoms with Crippen LogP contribution in [-0.2, 0) is 16.0 Å². The lowest BCUT2D eigenvalue weighted by atomic mass is 9.89. The molecule has 9 heteroatoms. The van der Waals surface area contributed by atoms with E-state index in [9.17, 15) is 14.4 Å². The molecule has 0 aliphatic carbocycles. The maximum absolute atomic E-state index is 14.3. The number of carbonyl (C=O) groups is 3. The van der Waals surface area contributed by atoms with Crippen molar-refractivity contribution in [3.05, 3.63) is 95.2 Å². The van der Waals surface area contributed by atoms with E-state index >= 15 is 0 Å². The number of H-pyrrole nitrogens is 1. The fourth-order valence-electron chi connectivity index (χ4n) is 6.40. The molecule has 2 saturated heterocycles. The fourth-order valence-corrected chi connectivity index (χ4v) is 6.40. The monoisotopic (exact) mass is 550 g/mol. The van der Waals surface area contributed by atoms with Crippen molar-refractivity contribution >= 4 is 34.4 Å². The van der Waals surface area contributed by atoms with Gasteiger partial charge in [-0.1, -0.05) is 42.5 Å². The number of fused-ring (bicyclic) bond motifs is 4. The number of hydrogen-bond acceptors (Lipinski definition) is 5. The summed E-state index contributed by atoms with van der Waals surface area (Å²) >= 11 is 0. The fraction of sp³-hybridized carbons (Fsp3) is 0.281. The van der Waals surface area contributed by atoms with Crippen LogP contribution < -0.4 is 15.0 Å². The first-order valence-corrected chi connectivity index (χ1v) is 13.9. The zero-order valence-electron chi connectivity index (χ0n) is 22.6. The largest absolute Gasteiger partial charge is 0.497 e. The molecule has 41 heavy (non-hydrogen) atoms. The Labute approximate surface area is 237 Å². The van der Waals surface area contributed by atoms with Crippen molar-refractivity contribution in [3.63, 3.8) is 0 Å². The lowest BCUT2D eigenvalue weighted by Gasteiger charge is -2.36. The van der Waals surface area contributed by atoms with Crippen molar-refractivity contribution < 1.29 is 23.9 Å². The number of aromatic nitrogens is 1. The number of nitrogens with zero attached hydrogens (tertiary/aromatic N) is 2. The van der Waals surface area contributed by atoms with Gasteiger partial charge in [-0.2, -0.15) is 0 Å². The molecule has 7 rings (SSSR count). The maximum Gasteiger partial charge on any atom is 0.332 e. The summed E-state index contributed by atoms with van der Waals surface area (Å²) in [6, 6.07) is 20.6. The van der Waals surface area contributed by atoms with E-state index in [2.05, 4.69) is 10.3 Å². The summed E-state index contributed by atoms with van der Waals surface area (Å²) < 4.78 is 11.0. The summed E-state index contributed by atoms with van der Waals surface area (Å²) in [6.45, 7) is 1.07. The highest BCUT2D eigenvalue weighted by atomic mass is 16.5. The number of hydrogen-bond donors (Lipinski definition) is 2. The number of rotatable bonds is 6. The molecule has 3 aliphatic rings. The van der Waals surface area contributed by atoms with Gasteiger partial charge in [0.1, 0.15) is 17.8 Å². The third-order valence-electron chi connectivity index (χ3n) is 8.38. The number of methoxy groups -OCH3 is 1. The van der Waals surface area contributed by atoms with E-state index in [1.54, 1.807) is 36.3 Å². The minimum absolute atomic E-state index is 0.0239. The first-order valence-electron chi connectivity index (χ1n) is 13.9. The maximum atomic E-state index is 14.3. The molecule has 0 bridgehead atoms. The topological polar surface area (TPSA) is 104 Å². The molecule has 208 valence electrons. The number of amides is 4. The van der Waals surface area contributed by atoms with E-state index in [1.165, 1.54) is 4.90 Å². The summed E-state index contributed by atoms with van der Waals surface area (Å²) in [6.07, 6.45) is 2.21. The lowest BCUT2D eigenvalue weighted by molar-refractivity contribution is -0.120. The summed E-state index contributed by atoms with van der Waals surface area (Å²) in [5.74, 6) is 0.0136. The average Bonchev–Trinajstić information content (AvgIpc) is 3.72. The number of carbonyl (C=O) groups excluding carboxylic acids is 3. The van der Waals surface area contributed by atoms with Crippen molar-refractivity contribution in [2.45, 2.75) is 37.5 Å². The lowest BCUT2D eigenvalue weighted by Crippen LogP contribution is -2.44. The van der Waals surface area contributed by atoms with Crippen LogP contribution in [0.5, 0.6) is 5.75 Å². The first-order chi connectivity index (χ1) is 20.0. The Morgan fingerprint density at radius 2 is 1.83 bits per heavy atom. The van der Waals surface area contributed by atoms with Crippen molar-refractivity contribution in [1.29, 1.82) is 0 Å². The van der Waals surface area contributed by atoms with Gasteiger partial charge in [-0.05, 0) is 54.3 Å². The standard InChI is InChI=1S/C32H30N4O5/c1-40-20-14-12-19(13-15-20)29-28-24(22-8-2-4-10-25(22)34-28)17-27-31(38)36(32(39)35(27)29)26-11-5-3-9-23(26)30(37)33-18-21-7-6-16-41-21/h2-5,8-15,21,27,29,34H,6-7,16-18H2,1H3,(H,33,37). The van der Waals surface area contributed by atoms with E-state index in [0.29, 0.717) is 25.3 Å². The Morgan fingerprint density at radius 1 is 1.05 bits per heavy atom. The van der Waals surface area contributed by atoms with Gasteiger partial charge in [-0.3, -0.25) is 14.5 Å². The van der Waals surface area contributed by atoms with Gasteiger partial charge in [-0.25, -0.2) is 9.69 Å². The normalized spacial score (nSPS) is 21.7. The van der Waals surface area contributed by atoms with Crippen LogP contribution in [0.15, 0.2) is 72.8 Å². The molecule has 3 atom stereocenters. The number of ether oxygens (including phenoxy) is 2. The molecule has 3 aliphatic heterocycles. The van der Waals surface area contributed by atoms with Gasteiger partial charge in [0.2, 0.25) is 0 Å². The van der Waals surface area contributed by atoms with Gasteiger partial charge >= 0.3 is 6.03 Å². The van der Waals surface area contributed by atoms with Crippen LogP contribution in [0.3, 0.4) is 0 Å². The number of benzene rings is 3. The molecule has 9 nitrogen and oxygen atoms in total. The molecule has 0 saturated carbocycles. The molecule has 1 aromatic heterocycles. The van der Waals surface area contributed by atoms with E-state index < -0.39 is 18.1 Å². The van der Waals surface area contributed by atoms with Gasteiger partial charge < -0.3 is 19.8 Å². The van der Waals surface area contributed by atoms with Gasteiger partial charge in [0, 0.05) is 36.2 Å². The number of aromatic amines is 1. The molecule has 3 unspecified atom stereocenters. The predicted octanol–water partition coefficient (Wildman–Crippen LogP) is 4.57. The van der Waals surface area contributed by atoms with Crippen LogP contribution in [0.4, 0.5) is 10.5 Å². The molecule has 0 spiro atoms. The summed E-state index contributed by atoms with van der Waals surface area (Å²) in [4.78, 5) is 48.0. The zero-order valence-corrected chi connectivity index (χ0v) is 22.6. The highest BCUT2D eigenvalue weighted by Gasteiger charge is 2.53. The highest BCUT2D eigenvalue weighted by molar-refractivity contribution is 6.24. The van der Waals surface area contributed by atoms with Crippen LogP contribution in [0.25, 0.3) is 10.9 Å². The second-order valence-electron chi connectivity index (χ2n) is 10.7. The number of nitrogens with one attached hydrogen (secondary N) is 2. The van der Waals surface area contributed by atoms with Crippen LogP contribution in [0, 0.1) is 0 Å². The van der Waals surface area contributed by atoms with Gasteiger partial charge in [-0.15, -0.1) is 0 Å². The van der Waals surface area contributed by atoms with Gasteiger partial charge in [0.25, 0.3) is 11.8 Å². The minimum Gasteiger partial charge on any atom is -0.497 e. The Hall–Kier alpha value is -4.63. The highest BCUT2D eigenvalue weighted by Crippen LogP contribution is 2.45. The van der Waals surface area contributed by atoms with Crippen molar-refractivity contribution in [3.8, 4) is 5.75 Å². The average molecular weight is 551 g/mol. The molecule has 2 fully saturated rings. The van der Waals surface area contributed by atoms with E-state index in [-0.39, 0.29) is 29.2 Å². The zero-order chi connectivity index (χ0) is 28.1. The SMILES string of the molecule is COc1ccc(C2c3[nH]c4ccccc4c3CC3C(=O)N(c4ccccc4C(=O)NCC4CCCO4)C(=O)N32)cc1. The van der Waals surface area contributed by atoms with Crippen molar-refractivity contribution in [2.24, 2.45) is 0 Å². The van der Waals surface area contributed by atoms with Crippen molar-refractivity contribution in [2.75, 3.05) is 25.2 Å². The second-order valence-corrected chi connectivity index (χ2v) is 10.7. The quantitative estimate of drug-likeness (QED) is 0.343. The molecule has 2 N–H and O–H groups in total. The second kappa shape index (κ2) is 10.1. The molecular weight excluding hydrogens is 520 g/mol. The molecule has 0 radical (unpaired) electrons. The number of urea groups is 1.